The van der Waals surface area contributed by atoms with Crippen molar-refractivity contribution in [3.8, 4) is 11.7 Å². The van der Waals surface area contributed by atoms with E-state index >= 15 is 0 Å². The number of furan rings is 1. The summed E-state index contributed by atoms with van der Waals surface area (Å²) >= 11 is 0. The van der Waals surface area contributed by atoms with Crippen molar-refractivity contribution in [2.45, 2.75) is 39.3 Å². The predicted octanol–water partition coefficient (Wildman–Crippen LogP) is 4.49. The number of rotatable bonds is 5. The summed E-state index contributed by atoms with van der Waals surface area (Å²) < 4.78 is 11.6. The van der Waals surface area contributed by atoms with Crippen molar-refractivity contribution < 1.29 is 13.6 Å². The number of nitrogens with zero attached hydrogens (tertiary/aromatic N) is 3. The topological polar surface area (TPSA) is 84.4 Å². The van der Waals surface area contributed by atoms with E-state index in [2.05, 4.69) is 50.7 Å². The zero-order chi connectivity index (χ0) is 22.1. The highest BCUT2D eigenvalue weighted by Gasteiger charge is 2.25. The summed E-state index contributed by atoms with van der Waals surface area (Å²) in [5.74, 6) is 0.350. The molecule has 0 bridgehead atoms. The molecule has 7 nitrogen and oxygen atoms in total. The number of fused-ring (bicyclic) bond motifs is 1. The van der Waals surface area contributed by atoms with Crippen molar-refractivity contribution in [2.75, 3.05) is 13.1 Å². The van der Waals surface area contributed by atoms with Gasteiger partial charge in [-0.15, -0.1) is 10.2 Å². The summed E-state index contributed by atoms with van der Waals surface area (Å²) in [4.78, 5) is 15.1. The summed E-state index contributed by atoms with van der Waals surface area (Å²) in [5, 5.41) is 12.1. The first-order valence-electron chi connectivity index (χ1n) is 11.0. The van der Waals surface area contributed by atoms with Gasteiger partial charge in [0.25, 0.3) is 5.89 Å². The van der Waals surface area contributed by atoms with Crippen molar-refractivity contribution in [1.29, 1.82) is 0 Å². The number of carbonyl (C=O) groups is 1. The normalized spacial score (nSPS) is 15.3. The molecule has 2 aromatic carbocycles. The minimum absolute atomic E-state index is 0.0391. The third-order valence-electron chi connectivity index (χ3n) is 6.08. The first-order valence-corrected chi connectivity index (χ1v) is 11.0. The first-order chi connectivity index (χ1) is 15.6. The Morgan fingerprint density at radius 3 is 2.62 bits per heavy atom. The second-order valence-corrected chi connectivity index (χ2v) is 8.48. The molecule has 7 heteroatoms. The van der Waals surface area contributed by atoms with Crippen molar-refractivity contribution in [2.24, 2.45) is 0 Å². The fourth-order valence-electron chi connectivity index (χ4n) is 4.27. The Balaban J connectivity index is 1.21. The quantitative estimate of drug-likeness (QED) is 0.502. The van der Waals surface area contributed by atoms with E-state index < -0.39 is 0 Å². The molecule has 0 unspecified atom stereocenters. The van der Waals surface area contributed by atoms with Gasteiger partial charge in [0.05, 0.1) is 0 Å². The van der Waals surface area contributed by atoms with E-state index in [4.69, 9.17) is 8.83 Å². The number of hydrogen-bond donors (Lipinski definition) is 1. The minimum atomic E-state index is -0.338. The van der Waals surface area contributed by atoms with Crippen LogP contribution in [0.1, 0.15) is 40.2 Å². The maximum absolute atomic E-state index is 12.7. The Hall–Kier alpha value is -3.45. The SMILES string of the molecule is Cc1ccc2oc(-c3nnc(C(=O)NC4CCN(Cc5ccccc5)CC4)o3)c(C)c2c1. The standard InChI is InChI=1S/C25H26N4O3/c1-16-8-9-21-20(14-16)17(2)22(31-21)24-27-28-25(32-24)23(30)26-19-10-12-29(13-11-19)15-18-6-4-3-5-7-18/h3-9,14,19H,10-13,15H2,1-2H3,(H,26,30). The van der Waals surface area contributed by atoms with Crippen LogP contribution in [0.4, 0.5) is 0 Å². The van der Waals surface area contributed by atoms with Crippen LogP contribution in [0.25, 0.3) is 22.6 Å². The Bertz CT molecular complexity index is 1240. The molecule has 1 fully saturated rings. The van der Waals surface area contributed by atoms with Crippen LogP contribution in [0, 0.1) is 13.8 Å². The van der Waals surface area contributed by atoms with Gasteiger partial charge in [0.2, 0.25) is 0 Å². The van der Waals surface area contributed by atoms with Gasteiger partial charge in [-0.3, -0.25) is 9.69 Å². The Labute approximate surface area is 186 Å². The van der Waals surface area contributed by atoms with Crippen LogP contribution in [0.5, 0.6) is 0 Å². The van der Waals surface area contributed by atoms with Crippen LogP contribution >= 0.6 is 0 Å². The molecule has 0 radical (unpaired) electrons. The second kappa shape index (κ2) is 8.59. The number of benzene rings is 2. The molecular weight excluding hydrogens is 404 g/mol. The highest BCUT2D eigenvalue weighted by atomic mass is 16.4. The first kappa shape index (κ1) is 20.5. The summed E-state index contributed by atoms with van der Waals surface area (Å²) in [6.45, 7) is 6.80. The van der Waals surface area contributed by atoms with Gasteiger partial charge < -0.3 is 14.2 Å². The molecule has 1 aliphatic rings. The summed E-state index contributed by atoms with van der Waals surface area (Å²) in [6.07, 6.45) is 1.78. The van der Waals surface area contributed by atoms with Crippen molar-refractivity contribution in [1.82, 2.24) is 20.4 Å². The lowest BCUT2D eigenvalue weighted by atomic mass is 10.0. The number of amides is 1. The smallest absolute Gasteiger partial charge is 0.309 e. The molecule has 2 aromatic heterocycles. The molecule has 0 saturated carbocycles. The van der Waals surface area contributed by atoms with Crippen LogP contribution in [-0.4, -0.2) is 40.1 Å². The molecule has 0 atom stereocenters. The third kappa shape index (κ3) is 4.16. The van der Waals surface area contributed by atoms with Crippen molar-refractivity contribution >= 4 is 16.9 Å². The summed E-state index contributed by atoms with van der Waals surface area (Å²) in [7, 11) is 0. The van der Waals surface area contributed by atoms with Gasteiger partial charge in [-0.2, -0.15) is 0 Å². The zero-order valence-corrected chi connectivity index (χ0v) is 18.3. The van der Waals surface area contributed by atoms with Crippen LogP contribution in [-0.2, 0) is 6.54 Å². The molecule has 0 spiro atoms. The summed E-state index contributed by atoms with van der Waals surface area (Å²) in [6, 6.07) is 16.5. The van der Waals surface area contributed by atoms with E-state index in [1.54, 1.807) is 0 Å². The van der Waals surface area contributed by atoms with Gasteiger partial charge in [-0.25, -0.2) is 0 Å². The number of piperidine rings is 1. The van der Waals surface area contributed by atoms with Crippen molar-refractivity contribution in [3.63, 3.8) is 0 Å². The minimum Gasteiger partial charge on any atom is -0.451 e. The van der Waals surface area contributed by atoms with E-state index in [9.17, 15) is 4.79 Å². The Morgan fingerprint density at radius 2 is 1.84 bits per heavy atom. The van der Waals surface area contributed by atoms with Gasteiger partial charge in [-0.1, -0.05) is 42.0 Å². The lowest BCUT2D eigenvalue weighted by Crippen LogP contribution is -2.44. The van der Waals surface area contributed by atoms with E-state index in [1.807, 2.05) is 32.0 Å². The zero-order valence-electron chi connectivity index (χ0n) is 18.3. The van der Waals surface area contributed by atoms with Crippen molar-refractivity contribution in [3.05, 3.63) is 71.1 Å². The molecule has 1 saturated heterocycles. The van der Waals surface area contributed by atoms with Crippen LogP contribution in [0.3, 0.4) is 0 Å². The number of likely N-dealkylation sites (tertiary alicyclic amines) is 1. The third-order valence-corrected chi connectivity index (χ3v) is 6.08. The lowest BCUT2D eigenvalue weighted by molar-refractivity contribution is 0.0874. The number of aromatic nitrogens is 2. The molecule has 3 heterocycles. The molecular formula is C25H26N4O3. The lowest BCUT2D eigenvalue weighted by Gasteiger charge is -2.32. The van der Waals surface area contributed by atoms with Gasteiger partial charge in [0.1, 0.15) is 5.58 Å². The molecule has 164 valence electrons. The second-order valence-electron chi connectivity index (χ2n) is 8.48. The fourth-order valence-corrected chi connectivity index (χ4v) is 4.27. The monoisotopic (exact) mass is 430 g/mol. The van der Waals surface area contributed by atoms with Gasteiger partial charge in [0, 0.05) is 36.6 Å². The molecule has 1 amide bonds. The highest BCUT2D eigenvalue weighted by molar-refractivity contribution is 5.90. The predicted molar refractivity (Wildman–Crippen MR) is 121 cm³/mol. The maximum atomic E-state index is 12.7. The molecule has 1 N–H and O–H groups in total. The molecule has 32 heavy (non-hydrogen) atoms. The van der Waals surface area contributed by atoms with Gasteiger partial charge in [-0.05, 0) is 44.4 Å². The molecule has 0 aliphatic carbocycles. The average molecular weight is 431 g/mol. The van der Waals surface area contributed by atoms with E-state index in [0.29, 0.717) is 5.76 Å². The highest BCUT2D eigenvalue weighted by Crippen LogP contribution is 2.32. The largest absolute Gasteiger partial charge is 0.451 e. The van der Waals surface area contributed by atoms with Crippen LogP contribution in [0.15, 0.2) is 57.4 Å². The summed E-state index contributed by atoms with van der Waals surface area (Å²) in [5.41, 5.74) is 4.14. The van der Waals surface area contributed by atoms with E-state index in [1.165, 1.54) is 5.56 Å². The van der Waals surface area contributed by atoms with Crippen LogP contribution < -0.4 is 5.32 Å². The molecule has 5 rings (SSSR count). The Kier molecular flexibility index (Phi) is 5.49. The Morgan fingerprint density at radius 1 is 1.06 bits per heavy atom. The molecule has 4 aromatic rings. The molecule has 1 aliphatic heterocycles. The van der Waals surface area contributed by atoms with Gasteiger partial charge in [0.15, 0.2) is 5.76 Å². The fraction of sp³-hybridized carbons (Fsp3) is 0.320. The van der Waals surface area contributed by atoms with E-state index in [0.717, 1.165) is 54.6 Å². The van der Waals surface area contributed by atoms with E-state index in [-0.39, 0.29) is 23.7 Å². The number of hydrogen-bond acceptors (Lipinski definition) is 6. The number of aryl methyl sites for hydroxylation is 2. The average Bonchev–Trinajstić information content (AvgIpc) is 3.41. The van der Waals surface area contributed by atoms with Gasteiger partial charge >= 0.3 is 11.8 Å². The number of carbonyl (C=O) groups excluding carboxylic acids is 1. The number of nitrogens with one attached hydrogen (secondary N) is 1. The van der Waals surface area contributed by atoms with Crippen LogP contribution in [0.2, 0.25) is 0 Å². The maximum Gasteiger partial charge on any atom is 0.309 e.